The van der Waals surface area contributed by atoms with Gasteiger partial charge in [-0.25, -0.2) is 4.79 Å². The Kier molecular flexibility index (Phi) is 3.67. The van der Waals surface area contributed by atoms with Crippen LogP contribution < -0.4 is 5.32 Å². The molecule has 2 rings (SSSR count). The topological polar surface area (TPSA) is 102 Å². The lowest BCUT2D eigenvalue weighted by molar-refractivity contribution is -0.0559. The molecule has 0 aromatic rings. The Morgan fingerprint density at radius 2 is 2.33 bits per heavy atom. The average Bonchev–Trinajstić information content (AvgIpc) is 2.70. The van der Waals surface area contributed by atoms with Gasteiger partial charge in [0, 0.05) is 18.2 Å². The molecule has 0 aromatic carbocycles. The number of carbonyl (C=O) groups excluding carboxylic acids is 1. The molecule has 2 aliphatic heterocycles. The predicted octanol–water partition coefficient (Wildman–Crippen LogP) is -1.13. The molecule has 0 saturated carbocycles. The van der Waals surface area contributed by atoms with Gasteiger partial charge < -0.3 is 25.4 Å². The summed E-state index contributed by atoms with van der Waals surface area (Å²) in [5.74, 6) is 0. The van der Waals surface area contributed by atoms with Crippen molar-refractivity contribution in [2.45, 2.75) is 31.1 Å². The second-order valence-electron chi connectivity index (χ2n) is 4.21. The van der Waals surface area contributed by atoms with Crippen molar-refractivity contribution in [3.63, 3.8) is 0 Å². The van der Waals surface area contributed by atoms with Crippen LogP contribution in [0.25, 0.3) is 0 Å². The molecule has 0 aliphatic carbocycles. The van der Waals surface area contributed by atoms with Crippen molar-refractivity contribution in [3.05, 3.63) is 24.4 Å². The Morgan fingerprint density at radius 3 is 2.89 bits per heavy atom. The van der Waals surface area contributed by atoms with E-state index in [1.165, 1.54) is 17.2 Å². The summed E-state index contributed by atoms with van der Waals surface area (Å²) < 4.78 is 5.37. The zero-order valence-corrected chi connectivity index (χ0v) is 9.69. The van der Waals surface area contributed by atoms with Gasteiger partial charge in [0.05, 0.1) is 12.7 Å². The second kappa shape index (κ2) is 5.07. The average molecular weight is 256 g/mol. The Hall–Kier alpha value is -1.41. The monoisotopic (exact) mass is 256 g/mol. The molecule has 4 N–H and O–H groups in total. The van der Waals surface area contributed by atoms with Crippen LogP contribution in [0.2, 0.25) is 0 Å². The number of hydrogen-bond acceptors (Lipinski definition) is 5. The fourth-order valence-corrected chi connectivity index (χ4v) is 1.99. The summed E-state index contributed by atoms with van der Waals surface area (Å²) >= 11 is 0. The Labute approximate surface area is 104 Å². The predicted molar refractivity (Wildman–Crippen MR) is 61.0 cm³/mol. The van der Waals surface area contributed by atoms with E-state index in [4.69, 9.17) is 9.84 Å². The van der Waals surface area contributed by atoms with Gasteiger partial charge >= 0.3 is 6.03 Å². The van der Waals surface area contributed by atoms with Crippen LogP contribution in [0, 0.1) is 0 Å². The quantitative estimate of drug-likeness (QED) is 0.511. The van der Waals surface area contributed by atoms with Crippen LogP contribution in [0.5, 0.6) is 0 Å². The molecule has 1 unspecified atom stereocenters. The summed E-state index contributed by atoms with van der Waals surface area (Å²) in [5.41, 5.74) is 0.431. The standard InChI is InChI=1S/C11H16N2O5/c1-2-6-4-13(11(17)12-10(6)16)9-3-7(15)8(5-14)18-9/h2,4,7-10,14-16H,1,3,5H2,(H,12,17)/t7-,8+,9+,10?/m0/s1. The number of carbonyl (C=O) groups is 1. The van der Waals surface area contributed by atoms with Gasteiger partial charge in [-0.2, -0.15) is 0 Å². The van der Waals surface area contributed by atoms with Gasteiger partial charge in [0.25, 0.3) is 0 Å². The highest BCUT2D eigenvalue weighted by molar-refractivity contribution is 5.78. The molecule has 2 aliphatic rings. The molecule has 1 fully saturated rings. The van der Waals surface area contributed by atoms with E-state index in [9.17, 15) is 15.0 Å². The number of nitrogens with one attached hydrogen (secondary N) is 1. The lowest BCUT2D eigenvalue weighted by Gasteiger charge is -2.32. The molecule has 2 heterocycles. The molecule has 0 spiro atoms. The van der Waals surface area contributed by atoms with E-state index in [1.807, 2.05) is 0 Å². The third-order valence-electron chi connectivity index (χ3n) is 3.03. The molecule has 1 saturated heterocycles. The number of amides is 2. The maximum atomic E-state index is 11.7. The third-order valence-corrected chi connectivity index (χ3v) is 3.03. The Morgan fingerprint density at radius 1 is 1.61 bits per heavy atom. The van der Waals surface area contributed by atoms with E-state index in [0.717, 1.165) is 0 Å². The molecule has 7 heteroatoms. The number of hydrogen-bond donors (Lipinski definition) is 4. The second-order valence-corrected chi connectivity index (χ2v) is 4.21. The van der Waals surface area contributed by atoms with Gasteiger partial charge in [-0.1, -0.05) is 12.7 Å². The van der Waals surface area contributed by atoms with Crippen LogP contribution in [0.1, 0.15) is 6.42 Å². The third kappa shape index (κ3) is 2.25. The Balaban J connectivity index is 2.15. The van der Waals surface area contributed by atoms with Crippen molar-refractivity contribution in [1.29, 1.82) is 0 Å². The largest absolute Gasteiger partial charge is 0.394 e. The number of ether oxygens (including phenoxy) is 1. The van der Waals surface area contributed by atoms with E-state index in [0.29, 0.717) is 5.57 Å². The first-order valence-corrected chi connectivity index (χ1v) is 5.62. The maximum absolute atomic E-state index is 11.7. The number of rotatable bonds is 3. The fourth-order valence-electron chi connectivity index (χ4n) is 1.99. The van der Waals surface area contributed by atoms with Crippen LogP contribution in [0.3, 0.4) is 0 Å². The minimum atomic E-state index is -1.09. The summed E-state index contributed by atoms with van der Waals surface area (Å²) in [7, 11) is 0. The fraction of sp³-hybridized carbons (Fsp3) is 0.545. The Bertz CT molecular complexity index is 384. The van der Waals surface area contributed by atoms with E-state index in [2.05, 4.69) is 11.9 Å². The van der Waals surface area contributed by atoms with Crippen LogP contribution in [-0.4, -0.2) is 57.5 Å². The lowest BCUT2D eigenvalue weighted by atomic mass is 10.1. The lowest BCUT2D eigenvalue weighted by Crippen LogP contribution is -2.51. The SMILES string of the molecule is C=CC1=CN([C@H]2C[C@H](O)[C@@H](CO)O2)C(=O)NC1O. The van der Waals surface area contributed by atoms with E-state index < -0.39 is 30.7 Å². The summed E-state index contributed by atoms with van der Waals surface area (Å²) in [6, 6.07) is -0.524. The van der Waals surface area contributed by atoms with Crippen LogP contribution in [-0.2, 0) is 4.74 Å². The van der Waals surface area contributed by atoms with Gasteiger partial charge in [-0.05, 0) is 0 Å². The first-order chi connectivity index (χ1) is 8.56. The minimum absolute atomic E-state index is 0.204. The van der Waals surface area contributed by atoms with E-state index >= 15 is 0 Å². The molecule has 0 bridgehead atoms. The number of aliphatic hydroxyl groups excluding tert-OH is 3. The van der Waals surface area contributed by atoms with Crippen molar-refractivity contribution in [3.8, 4) is 0 Å². The van der Waals surface area contributed by atoms with Gasteiger partial charge in [-0.15, -0.1) is 0 Å². The zero-order valence-electron chi connectivity index (χ0n) is 9.69. The molecule has 4 atom stereocenters. The summed E-state index contributed by atoms with van der Waals surface area (Å²) in [5, 5.41) is 30.5. The van der Waals surface area contributed by atoms with Crippen molar-refractivity contribution in [2.24, 2.45) is 0 Å². The van der Waals surface area contributed by atoms with Gasteiger partial charge in [0.1, 0.15) is 12.3 Å². The molecule has 18 heavy (non-hydrogen) atoms. The zero-order chi connectivity index (χ0) is 13.3. The van der Waals surface area contributed by atoms with Crippen molar-refractivity contribution < 1.29 is 24.9 Å². The highest BCUT2D eigenvalue weighted by atomic mass is 16.5. The first kappa shape index (κ1) is 13.0. The van der Waals surface area contributed by atoms with Crippen LogP contribution >= 0.6 is 0 Å². The van der Waals surface area contributed by atoms with Gasteiger partial charge in [0.2, 0.25) is 0 Å². The molecule has 2 amide bonds. The van der Waals surface area contributed by atoms with Gasteiger partial charge in [0.15, 0.2) is 6.23 Å². The smallest absolute Gasteiger partial charge is 0.325 e. The summed E-state index contributed by atoms with van der Waals surface area (Å²) in [6.07, 6.45) is -0.226. The normalized spacial score (nSPS) is 36.3. The van der Waals surface area contributed by atoms with Crippen molar-refractivity contribution in [1.82, 2.24) is 10.2 Å². The van der Waals surface area contributed by atoms with E-state index in [-0.39, 0.29) is 13.0 Å². The first-order valence-electron chi connectivity index (χ1n) is 5.62. The van der Waals surface area contributed by atoms with Crippen molar-refractivity contribution in [2.75, 3.05) is 6.61 Å². The maximum Gasteiger partial charge on any atom is 0.325 e. The molecule has 100 valence electrons. The van der Waals surface area contributed by atoms with Crippen LogP contribution in [0.4, 0.5) is 4.79 Å². The highest BCUT2D eigenvalue weighted by Crippen LogP contribution is 2.25. The molecular weight excluding hydrogens is 240 g/mol. The molecule has 0 aromatic heterocycles. The number of aliphatic hydroxyl groups is 3. The highest BCUT2D eigenvalue weighted by Gasteiger charge is 2.39. The number of urea groups is 1. The van der Waals surface area contributed by atoms with Gasteiger partial charge in [-0.3, -0.25) is 4.90 Å². The molecular formula is C11H16N2O5. The molecule has 0 radical (unpaired) electrons. The minimum Gasteiger partial charge on any atom is -0.394 e. The van der Waals surface area contributed by atoms with Crippen molar-refractivity contribution >= 4 is 6.03 Å². The summed E-state index contributed by atoms with van der Waals surface area (Å²) in [6.45, 7) is 3.22. The summed E-state index contributed by atoms with van der Waals surface area (Å²) in [4.78, 5) is 12.9. The molecule has 7 nitrogen and oxygen atoms in total. The van der Waals surface area contributed by atoms with Crippen LogP contribution in [0.15, 0.2) is 24.4 Å². The van der Waals surface area contributed by atoms with E-state index in [1.54, 1.807) is 0 Å². The number of nitrogens with zero attached hydrogens (tertiary/aromatic N) is 1.